The molecule has 0 spiro atoms. The molecule has 3 amide bonds. The normalized spacial score (nSPS) is 17.9. The second-order valence-corrected chi connectivity index (χ2v) is 6.67. The summed E-state index contributed by atoms with van der Waals surface area (Å²) in [4.78, 5) is 39.3. The quantitative estimate of drug-likeness (QED) is 0.803. The van der Waals surface area contributed by atoms with Gasteiger partial charge in [-0.15, -0.1) is 0 Å². The lowest BCUT2D eigenvalue weighted by Gasteiger charge is -2.30. The highest BCUT2D eigenvalue weighted by atomic mass is 16.2. The first-order valence-electron chi connectivity index (χ1n) is 8.62. The summed E-state index contributed by atoms with van der Waals surface area (Å²) in [5.41, 5.74) is 8.21. The van der Waals surface area contributed by atoms with Crippen LogP contribution in [0.15, 0.2) is 29.3 Å². The predicted octanol–water partition coefficient (Wildman–Crippen LogP) is 1.68. The summed E-state index contributed by atoms with van der Waals surface area (Å²) in [5.74, 6) is -0.930. The molecule has 0 saturated carbocycles. The molecule has 1 aromatic carbocycles. The maximum absolute atomic E-state index is 12.7. The van der Waals surface area contributed by atoms with E-state index in [9.17, 15) is 14.4 Å². The average Bonchev–Trinajstić information content (AvgIpc) is 3.02. The van der Waals surface area contributed by atoms with Gasteiger partial charge in [0.1, 0.15) is 5.71 Å². The van der Waals surface area contributed by atoms with Crippen LogP contribution < -0.4 is 15.5 Å². The van der Waals surface area contributed by atoms with Crippen molar-refractivity contribution in [1.29, 1.82) is 5.41 Å². The van der Waals surface area contributed by atoms with Crippen molar-refractivity contribution in [2.45, 2.75) is 33.1 Å². The number of carbonyl (C=O) groups excluding carboxylic acids is 3. The fourth-order valence-electron chi connectivity index (χ4n) is 3.56. The SMILES string of the molecule is CC1=C(C(=N)C(N)=O)CCN(c2ccc(N3CCCC3=O)c(C)c2)C1=O. The third kappa shape index (κ3) is 3.00. The fraction of sp³-hybridized carbons (Fsp3) is 0.368. The maximum Gasteiger partial charge on any atom is 0.266 e. The first-order valence-corrected chi connectivity index (χ1v) is 8.62. The smallest absolute Gasteiger partial charge is 0.266 e. The van der Waals surface area contributed by atoms with E-state index < -0.39 is 5.91 Å². The Kier molecular flexibility index (Phi) is 4.63. The number of primary amides is 1. The second kappa shape index (κ2) is 6.74. The van der Waals surface area contributed by atoms with Crippen molar-refractivity contribution in [2.75, 3.05) is 22.9 Å². The molecule has 0 bridgehead atoms. The van der Waals surface area contributed by atoms with Gasteiger partial charge < -0.3 is 15.5 Å². The van der Waals surface area contributed by atoms with Crippen LogP contribution in [0.4, 0.5) is 11.4 Å². The largest absolute Gasteiger partial charge is 0.364 e. The summed E-state index contributed by atoms with van der Waals surface area (Å²) in [6.45, 7) is 4.64. The van der Waals surface area contributed by atoms with Gasteiger partial charge in [0.2, 0.25) is 5.91 Å². The lowest BCUT2D eigenvalue weighted by molar-refractivity contribution is -0.117. The number of carbonyl (C=O) groups is 3. The molecule has 3 N–H and O–H groups in total. The Morgan fingerprint density at radius 2 is 1.85 bits per heavy atom. The van der Waals surface area contributed by atoms with Gasteiger partial charge in [-0.2, -0.15) is 0 Å². The van der Waals surface area contributed by atoms with Gasteiger partial charge in [0.15, 0.2) is 0 Å². The number of aryl methyl sites for hydroxylation is 1. The minimum atomic E-state index is -0.823. The van der Waals surface area contributed by atoms with Crippen LogP contribution in [0, 0.1) is 12.3 Å². The first-order chi connectivity index (χ1) is 12.3. The van der Waals surface area contributed by atoms with E-state index in [0.717, 1.165) is 29.9 Å². The number of nitrogens with one attached hydrogen (secondary N) is 1. The third-order valence-electron chi connectivity index (χ3n) is 5.01. The minimum absolute atomic E-state index is 0.128. The number of amides is 3. The van der Waals surface area contributed by atoms with Crippen LogP contribution in [0.3, 0.4) is 0 Å². The molecule has 136 valence electrons. The Hall–Kier alpha value is -2.96. The zero-order valence-corrected chi connectivity index (χ0v) is 15.0. The van der Waals surface area contributed by atoms with E-state index in [0.29, 0.717) is 30.5 Å². The number of benzene rings is 1. The molecule has 0 aromatic heterocycles. The number of nitrogens with two attached hydrogens (primary N) is 1. The van der Waals surface area contributed by atoms with Crippen molar-refractivity contribution in [2.24, 2.45) is 5.73 Å². The molecule has 0 atom stereocenters. The summed E-state index contributed by atoms with van der Waals surface area (Å²) in [7, 11) is 0. The Bertz CT molecular complexity index is 856. The molecule has 1 fully saturated rings. The molecule has 2 aliphatic heterocycles. The van der Waals surface area contributed by atoms with Gasteiger partial charge in [0, 0.05) is 36.5 Å². The van der Waals surface area contributed by atoms with Crippen LogP contribution in [0.5, 0.6) is 0 Å². The molecule has 1 aromatic rings. The topological polar surface area (TPSA) is 108 Å². The van der Waals surface area contributed by atoms with E-state index >= 15 is 0 Å². The molecule has 1 saturated heterocycles. The van der Waals surface area contributed by atoms with Crippen LogP contribution in [0.25, 0.3) is 0 Å². The van der Waals surface area contributed by atoms with Gasteiger partial charge in [0.25, 0.3) is 11.8 Å². The zero-order valence-electron chi connectivity index (χ0n) is 15.0. The summed E-state index contributed by atoms with van der Waals surface area (Å²) in [6, 6.07) is 5.61. The summed E-state index contributed by atoms with van der Waals surface area (Å²) < 4.78 is 0. The van der Waals surface area contributed by atoms with Gasteiger partial charge in [-0.1, -0.05) is 0 Å². The molecule has 0 radical (unpaired) electrons. The van der Waals surface area contributed by atoms with E-state index in [1.54, 1.807) is 16.7 Å². The number of hydrogen-bond donors (Lipinski definition) is 2. The first kappa shape index (κ1) is 17.8. The number of rotatable bonds is 4. The van der Waals surface area contributed by atoms with Gasteiger partial charge in [-0.05, 0) is 56.0 Å². The summed E-state index contributed by atoms with van der Waals surface area (Å²) in [5, 5.41) is 7.76. The molecule has 0 unspecified atom stereocenters. The van der Waals surface area contributed by atoms with Crippen molar-refractivity contribution >= 4 is 34.8 Å². The highest BCUT2D eigenvalue weighted by molar-refractivity contribution is 6.44. The van der Waals surface area contributed by atoms with Crippen LogP contribution in [0.1, 0.15) is 31.7 Å². The molecule has 26 heavy (non-hydrogen) atoms. The van der Waals surface area contributed by atoms with Crippen LogP contribution >= 0.6 is 0 Å². The van der Waals surface area contributed by atoms with Gasteiger partial charge >= 0.3 is 0 Å². The average molecular weight is 354 g/mol. The Balaban J connectivity index is 1.88. The zero-order chi connectivity index (χ0) is 19.0. The standard InChI is InChI=1S/C19H22N4O3/c1-11-10-13(5-6-15(11)23-8-3-4-16(23)24)22-9-7-14(12(2)19(22)26)17(20)18(21)25/h5-6,10,20H,3-4,7-9H2,1-2H3,(H2,21,25). The van der Waals surface area contributed by atoms with Crippen LogP contribution in [-0.4, -0.2) is 36.5 Å². The summed E-state index contributed by atoms with van der Waals surface area (Å²) >= 11 is 0. The molecule has 0 aliphatic carbocycles. The van der Waals surface area contributed by atoms with Crippen LogP contribution in [0.2, 0.25) is 0 Å². The predicted molar refractivity (Wildman–Crippen MR) is 99.4 cm³/mol. The van der Waals surface area contributed by atoms with E-state index in [1.165, 1.54) is 0 Å². The lowest BCUT2D eigenvalue weighted by atomic mass is 9.95. The molecular weight excluding hydrogens is 332 g/mol. The monoisotopic (exact) mass is 354 g/mol. The van der Waals surface area contributed by atoms with Gasteiger partial charge in [0.05, 0.1) is 0 Å². The lowest BCUT2D eigenvalue weighted by Crippen LogP contribution is -2.39. The minimum Gasteiger partial charge on any atom is -0.364 e. The van der Waals surface area contributed by atoms with Crippen LogP contribution in [-0.2, 0) is 14.4 Å². The third-order valence-corrected chi connectivity index (χ3v) is 5.01. The molecule has 2 aliphatic rings. The van der Waals surface area contributed by atoms with Gasteiger partial charge in [-0.25, -0.2) is 0 Å². The molecule has 7 nitrogen and oxygen atoms in total. The molecule has 3 rings (SSSR count). The van der Waals surface area contributed by atoms with E-state index in [4.69, 9.17) is 11.1 Å². The molecule has 7 heteroatoms. The summed E-state index contributed by atoms with van der Waals surface area (Å²) in [6.07, 6.45) is 1.85. The Morgan fingerprint density at radius 3 is 2.42 bits per heavy atom. The van der Waals surface area contributed by atoms with Crippen molar-refractivity contribution in [3.8, 4) is 0 Å². The van der Waals surface area contributed by atoms with E-state index in [2.05, 4.69) is 0 Å². The molecular formula is C19H22N4O3. The van der Waals surface area contributed by atoms with Crippen molar-refractivity contribution in [1.82, 2.24) is 0 Å². The van der Waals surface area contributed by atoms with E-state index in [-0.39, 0.29) is 17.5 Å². The van der Waals surface area contributed by atoms with Crippen molar-refractivity contribution < 1.29 is 14.4 Å². The molecule has 2 heterocycles. The highest BCUT2D eigenvalue weighted by Gasteiger charge is 2.29. The van der Waals surface area contributed by atoms with E-state index in [1.807, 2.05) is 25.1 Å². The van der Waals surface area contributed by atoms with Crippen molar-refractivity contribution in [3.63, 3.8) is 0 Å². The fourth-order valence-corrected chi connectivity index (χ4v) is 3.56. The highest BCUT2D eigenvalue weighted by Crippen LogP contribution is 2.31. The maximum atomic E-state index is 12.7. The Morgan fingerprint density at radius 1 is 1.12 bits per heavy atom. The Labute approximate surface area is 152 Å². The number of anilines is 2. The number of hydrogen-bond acceptors (Lipinski definition) is 4. The number of nitrogens with zero attached hydrogens (tertiary/aromatic N) is 2. The van der Waals surface area contributed by atoms with Gasteiger partial charge in [-0.3, -0.25) is 19.8 Å². The second-order valence-electron chi connectivity index (χ2n) is 6.67. The van der Waals surface area contributed by atoms with Crippen molar-refractivity contribution in [3.05, 3.63) is 34.9 Å².